The summed E-state index contributed by atoms with van der Waals surface area (Å²) in [4.78, 5) is 0. The van der Waals surface area contributed by atoms with Crippen LogP contribution in [0.25, 0.3) is 0 Å². The highest BCUT2D eigenvalue weighted by molar-refractivity contribution is 4.72. The Bertz CT molecular complexity index is 260. The van der Waals surface area contributed by atoms with Crippen molar-refractivity contribution >= 4 is 0 Å². The van der Waals surface area contributed by atoms with Crippen molar-refractivity contribution in [1.82, 2.24) is 0 Å². The van der Waals surface area contributed by atoms with Gasteiger partial charge >= 0.3 is 0 Å². The maximum Gasteiger partial charge on any atom is 0.0720 e. The molecule has 0 aromatic heterocycles. The van der Waals surface area contributed by atoms with Gasteiger partial charge in [-0.05, 0) is 44.4 Å². The van der Waals surface area contributed by atoms with Gasteiger partial charge in [0.05, 0.1) is 18.8 Å². The Labute approximate surface area is 130 Å². The summed E-state index contributed by atoms with van der Waals surface area (Å²) in [6, 6.07) is 0.0113. The molecule has 0 aliphatic heterocycles. The van der Waals surface area contributed by atoms with E-state index in [0.29, 0.717) is 6.61 Å². The first-order valence-corrected chi connectivity index (χ1v) is 9.20. The second-order valence-corrected chi connectivity index (χ2v) is 7.25. The summed E-state index contributed by atoms with van der Waals surface area (Å²) < 4.78 is 11.8. The van der Waals surface area contributed by atoms with Crippen molar-refractivity contribution in [2.45, 2.75) is 83.3 Å². The van der Waals surface area contributed by atoms with Crippen LogP contribution in [0, 0.1) is 11.8 Å². The molecule has 0 spiro atoms. The zero-order valence-electron chi connectivity index (χ0n) is 13.9. The van der Waals surface area contributed by atoms with Crippen molar-refractivity contribution in [1.29, 1.82) is 0 Å². The lowest BCUT2D eigenvalue weighted by molar-refractivity contribution is -0.0108. The molecule has 0 saturated heterocycles. The molecule has 0 radical (unpaired) electrons. The molecule has 0 bridgehead atoms. The van der Waals surface area contributed by atoms with E-state index in [0.717, 1.165) is 25.0 Å². The van der Waals surface area contributed by atoms with Crippen molar-refractivity contribution in [3.63, 3.8) is 0 Å². The Hall–Kier alpha value is -0.120. The molecule has 2 unspecified atom stereocenters. The number of hydrogen-bond acceptors (Lipinski definition) is 3. The average Bonchev–Trinajstić information content (AvgIpc) is 2.54. The molecular weight excluding hydrogens is 262 g/mol. The van der Waals surface area contributed by atoms with Gasteiger partial charge in [0, 0.05) is 13.2 Å². The summed E-state index contributed by atoms with van der Waals surface area (Å²) in [5.41, 5.74) is 6.20. The molecule has 2 aliphatic rings. The van der Waals surface area contributed by atoms with E-state index in [1.807, 2.05) is 0 Å². The van der Waals surface area contributed by atoms with Gasteiger partial charge in [0.2, 0.25) is 0 Å². The topological polar surface area (TPSA) is 44.5 Å². The molecule has 0 aromatic rings. The second kappa shape index (κ2) is 9.81. The van der Waals surface area contributed by atoms with Crippen LogP contribution in [0.3, 0.4) is 0 Å². The molecule has 2 N–H and O–H groups in total. The van der Waals surface area contributed by atoms with Gasteiger partial charge in [-0.1, -0.05) is 38.5 Å². The second-order valence-electron chi connectivity index (χ2n) is 7.25. The van der Waals surface area contributed by atoms with Crippen LogP contribution in [0.5, 0.6) is 0 Å². The lowest BCUT2D eigenvalue weighted by Gasteiger charge is -2.27. The van der Waals surface area contributed by atoms with E-state index in [4.69, 9.17) is 15.2 Å². The predicted octanol–water partition coefficient (Wildman–Crippen LogP) is 3.90. The molecule has 3 nitrogen and oxygen atoms in total. The van der Waals surface area contributed by atoms with Crippen LogP contribution in [0.4, 0.5) is 0 Å². The lowest BCUT2D eigenvalue weighted by atomic mass is 9.90. The maximum absolute atomic E-state index is 6.20. The highest BCUT2D eigenvalue weighted by Crippen LogP contribution is 2.25. The van der Waals surface area contributed by atoms with Crippen molar-refractivity contribution < 1.29 is 9.47 Å². The SMILES string of the molecule is CC(OCC1CCCCC1)C(N)COCC1CCCCC1. The summed E-state index contributed by atoms with van der Waals surface area (Å²) in [5.74, 6) is 1.53. The van der Waals surface area contributed by atoms with Gasteiger partial charge in [0.25, 0.3) is 0 Å². The van der Waals surface area contributed by atoms with Gasteiger partial charge in [-0.3, -0.25) is 0 Å². The molecule has 0 aromatic carbocycles. The zero-order valence-corrected chi connectivity index (χ0v) is 13.9. The fourth-order valence-electron chi connectivity index (χ4n) is 3.63. The molecule has 2 saturated carbocycles. The molecule has 21 heavy (non-hydrogen) atoms. The minimum Gasteiger partial charge on any atom is -0.379 e. The number of ether oxygens (including phenoxy) is 2. The van der Waals surface area contributed by atoms with Crippen LogP contribution in [0.1, 0.15) is 71.1 Å². The third-order valence-electron chi connectivity index (χ3n) is 5.31. The van der Waals surface area contributed by atoms with Gasteiger partial charge in [-0.25, -0.2) is 0 Å². The number of nitrogens with two attached hydrogens (primary N) is 1. The van der Waals surface area contributed by atoms with Crippen LogP contribution in [0.2, 0.25) is 0 Å². The van der Waals surface area contributed by atoms with E-state index >= 15 is 0 Å². The molecule has 124 valence electrons. The van der Waals surface area contributed by atoms with Crippen LogP contribution in [0.15, 0.2) is 0 Å². The van der Waals surface area contributed by atoms with Crippen molar-refractivity contribution in [3.8, 4) is 0 Å². The van der Waals surface area contributed by atoms with Crippen LogP contribution < -0.4 is 5.73 Å². The van der Waals surface area contributed by atoms with Crippen molar-refractivity contribution in [3.05, 3.63) is 0 Å². The number of rotatable bonds is 8. The molecule has 3 heteroatoms. The van der Waals surface area contributed by atoms with Crippen LogP contribution in [-0.4, -0.2) is 32.0 Å². The Kier molecular flexibility index (Phi) is 8.05. The average molecular weight is 297 g/mol. The van der Waals surface area contributed by atoms with Gasteiger partial charge in [0.1, 0.15) is 0 Å². The van der Waals surface area contributed by atoms with Crippen LogP contribution >= 0.6 is 0 Å². The standard InChI is InChI=1S/C18H35NO2/c1-15(21-13-17-10-6-3-7-11-17)18(19)14-20-12-16-8-4-2-5-9-16/h15-18H,2-14,19H2,1H3. The molecule has 0 heterocycles. The third-order valence-corrected chi connectivity index (χ3v) is 5.31. The first kappa shape index (κ1) is 17.2. The Morgan fingerprint density at radius 2 is 1.38 bits per heavy atom. The Balaban J connectivity index is 1.52. The monoisotopic (exact) mass is 297 g/mol. The molecule has 2 aliphatic carbocycles. The largest absolute Gasteiger partial charge is 0.379 e. The van der Waals surface area contributed by atoms with Gasteiger partial charge in [-0.15, -0.1) is 0 Å². The molecule has 2 atom stereocenters. The summed E-state index contributed by atoms with van der Waals surface area (Å²) in [7, 11) is 0. The fraction of sp³-hybridized carbons (Fsp3) is 1.00. The van der Waals surface area contributed by atoms with Gasteiger partial charge in [0.15, 0.2) is 0 Å². The van der Waals surface area contributed by atoms with Gasteiger partial charge < -0.3 is 15.2 Å². The normalized spacial score (nSPS) is 24.9. The van der Waals surface area contributed by atoms with E-state index in [2.05, 4.69) is 6.92 Å². The van der Waals surface area contributed by atoms with E-state index in [-0.39, 0.29) is 12.1 Å². The molecular formula is C18H35NO2. The number of hydrogen-bond donors (Lipinski definition) is 1. The van der Waals surface area contributed by atoms with Crippen LogP contribution in [-0.2, 0) is 9.47 Å². The maximum atomic E-state index is 6.20. The minimum atomic E-state index is 0.0113. The smallest absolute Gasteiger partial charge is 0.0720 e. The predicted molar refractivity (Wildman–Crippen MR) is 87.4 cm³/mol. The molecule has 0 amide bonds. The van der Waals surface area contributed by atoms with Gasteiger partial charge in [-0.2, -0.15) is 0 Å². The lowest BCUT2D eigenvalue weighted by Crippen LogP contribution is -2.40. The summed E-state index contributed by atoms with van der Waals surface area (Å²) >= 11 is 0. The third kappa shape index (κ3) is 6.66. The Morgan fingerprint density at radius 1 is 0.857 bits per heavy atom. The fourth-order valence-corrected chi connectivity index (χ4v) is 3.63. The zero-order chi connectivity index (χ0) is 14.9. The first-order valence-electron chi connectivity index (χ1n) is 9.20. The quantitative estimate of drug-likeness (QED) is 0.739. The summed E-state index contributed by atoms with van der Waals surface area (Å²) in [6.45, 7) is 4.51. The first-order chi connectivity index (χ1) is 10.3. The highest BCUT2D eigenvalue weighted by atomic mass is 16.5. The highest BCUT2D eigenvalue weighted by Gasteiger charge is 2.19. The molecule has 2 fully saturated rings. The van der Waals surface area contributed by atoms with E-state index in [9.17, 15) is 0 Å². The van der Waals surface area contributed by atoms with E-state index in [1.165, 1.54) is 64.2 Å². The Morgan fingerprint density at radius 3 is 1.95 bits per heavy atom. The van der Waals surface area contributed by atoms with E-state index < -0.39 is 0 Å². The van der Waals surface area contributed by atoms with E-state index in [1.54, 1.807) is 0 Å². The summed E-state index contributed by atoms with van der Waals surface area (Å²) in [6.07, 6.45) is 13.8. The summed E-state index contributed by atoms with van der Waals surface area (Å²) in [5, 5.41) is 0. The van der Waals surface area contributed by atoms with Crippen molar-refractivity contribution in [2.24, 2.45) is 17.6 Å². The molecule has 2 rings (SSSR count). The van der Waals surface area contributed by atoms with Crippen molar-refractivity contribution in [2.75, 3.05) is 19.8 Å². The minimum absolute atomic E-state index is 0.0113.